The quantitative estimate of drug-likeness (QED) is 0.0682. The molecule has 15 nitrogen and oxygen atoms in total. The lowest BCUT2D eigenvalue weighted by Gasteiger charge is -2.13. The molecule has 0 unspecified atom stereocenters. The zero-order valence-electron chi connectivity index (χ0n) is 30.9. The van der Waals surface area contributed by atoms with Gasteiger partial charge in [-0.25, -0.2) is 4.79 Å². The number of halogens is 3. The Kier molecular flexibility index (Phi) is 26.1. The number of benzene rings is 2. The average Bonchev–Trinajstić information content (AvgIpc) is 3.16. The van der Waals surface area contributed by atoms with Crippen LogP contribution in [0.5, 0.6) is 0 Å². The Balaban J connectivity index is 1.29. The van der Waals surface area contributed by atoms with Crippen LogP contribution in [-0.4, -0.2) is 142 Å². The Morgan fingerprint density at radius 3 is 1.55 bits per heavy atom. The fourth-order valence-electron chi connectivity index (χ4n) is 4.32. The highest BCUT2D eigenvalue weighted by atomic mass is 19.4. The molecule has 0 aliphatic carbocycles. The van der Waals surface area contributed by atoms with Crippen molar-refractivity contribution in [3.8, 4) is 0 Å². The van der Waals surface area contributed by atoms with E-state index in [-0.39, 0.29) is 49.8 Å². The van der Waals surface area contributed by atoms with Gasteiger partial charge < -0.3 is 58.4 Å². The van der Waals surface area contributed by atoms with Gasteiger partial charge >= 0.3 is 18.1 Å². The molecular formula is C37H53F3N2O13. The summed E-state index contributed by atoms with van der Waals surface area (Å²) in [5, 5.41) is 14.0. The van der Waals surface area contributed by atoms with E-state index in [2.05, 4.69) is 10.6 Å². The highest BCUT2D eigenvalue weighted by Crippen LogP contribution is 2.32. The predicted octanol–water partition coefficient (Wildman–Crippen LogP) is 4.11. The van der Waals surface area contributed by atoms with Crippen LogP contribution >= 0.6 is 0 Å². The molecule has 0 radical (unpaired) electrons. The topological polar surface area (TPSA) is 179 Å². The monoisotopic (exact) mass is 790 g/mol. The van der Waals surface area contributed by atoms with Crippen molar-refractivity contribution in [2.75, 3.05) is 124 Å². The number of esters is 1. The van der Waals surface area contributed by atoms with Crippen molar-refractivity contribution in [2.24, 2.45) is 0 Å². The third kappa shape index (κ3) is 25.0. The van der Waals surface area contributed by atoms with Gasteiger partial charge in [0.25, 0.3) is 0 Å². The third-order valence-corrected chi connectivity index (χ3v) is 7.03. The van der Waals surface area contributed by atoms with E-state index in [0.29, 0.717) is 111 Å². The van der Waals surface area contributed by atoms with Crippen LogP contribution in [0.2, 0.25) is 0 Å². The number of nitrogens with one attached hydrogen (secondary N) is 2. The van der Waals surface area contributed by atoms with Crippen molar-refractivity contribution in [1.82, 2.24) is 5.32 Å². The minimum absolute atomic E-state index is 0.0124. The van der Waals surface area contributed by atoms with Crippen LogP contribution < -0.4 is 10.6 Å². The number of carboxylic acid groups (broad SMARTS) is 1. The molecular weight excluding hydrogens is 737 g/mol. The number of amides is 1. The predicted molar refractivity (Wildman–Crippen MR) is 192 cm³/mol. The number of para-hydroxylation sites is 1. The van der Waals surface area contributed by atoms with Crippen molar-refractivity contribution in [2.45, 2.75) is 25.4 Å². The van der Waals surface area contributed by atoms with Gasteiger partial charge in [0.1, 0.15) is 6.61 Å². The molecule has 1 amide bonds. The van der Waals surface area contributed by atoms with E-state index >= 15 is 0 Å². The summed E-state index contributed by atoms with van der Waals surface area (Å²) in [7, 11) is 0. The Morgan fingerprint density at radius 1 is 0.582 bits per heavy atom. The van der Waals surface area contributed by atoms with E-state index in [9.17, 15) is 27.6 Å². The number of carbonyl (C=O) groups is 3. The highest BCUT2D eigenvalue weighted by molar-refractivity contribution is 5.96. The van der Waals surface area contributed by atoms with Gasteiger partial charge in [0, 0.05) is 25.3 Å². The van der Waals surface area contributed by atoms with Gasteiger partial charge in [-0.15, -0.1) is 0 Å². The minimum atomic E-state index is -4.48. The van der Waals surface area contributed by atoms with E-state index in [0.717, 1.165) is 12.1 Å². The van der Waals surface area contributed by atoms with Crippen molar-refractivity contribution in [1.29, 1.82) is 0 Å². The lowest BCUT2D eigenvalue weighted by atomic mass is 10.1. The molecule has 0 heterocycles. The second-order valence-corrected chi connectivity index (χ2v) is 11.4. The number of aliphatic carboxylic acids is 1. The third-order valence-electron chi connectivity index (χ3n) is 7.03. The summed E-state index contributed by atoms with van der Waals surface area (Å²) in [5.41, 5.74) is -0.122. The number of rotatable bonds is 34. The van der Waals surface area contributed by atoms with Crippen molar-refractivity contribution < 1.29 is 75.3 Å². The van der Waals surface area contributed by atoms with Crippen molar-refractivity contribution in [3.63, 3.8) is 0 Å². The number of carbonyl (C=O) groups excluding carboxylic acids is 2. The van der Waals surface area contributed by atoms with Crippen LogP contribution in [0.15, 0.2) is 48.5 Å². The van der Waals surface area contributed by atoms with E-state index < -0.39 is 23.7 Å². The normalized spacial score (nSPS) is 11.4. The first-order valence-corrected chi connectivity index (χ1v) is 18.0. The van der Waals surface area contributed by atoms with Crippen LogP contribution in [0.25, 0.3) is 0 Å². The number of anilines is 2. The molecule has 0 spiro atoms. The second-order valence-electron chi connectivity index (χ2n) is 11.4. The largest absolute Gasteiger partial charge is 0.481 e. The zero-order chi connectivity index (χ0) is 39.8. The second kappa shape index (κ2) is 30.4. The van der Waals surface area contributed by atoms with Crippen LogP contribution in [0.4, 0.5) is 24.5 Å². The molecule has 0 atom stereocenters. The average molecular weight is 791 g/mol. The van der Waals surface area contributed by atoms with Crippen molar-refractivity contribution in [3.05, 3.63) is 59.7 Å². The maximum absolute atomic E-state index is 13.0. The molecule has 2 aromatic carbocycles. The smallest absolute Gasteiger partial charge is 0.416 e. The molecule has 18 heteroatoms. The fraction of sp³-hybridized carbons (Fsp3) is 0.595. The molecule has 2 aromatic rings. The van der Waals surface area contributed by atoms with Gasteiger partial charge in [-0.3, -0.25) is 9.59 Å². The summed E-state index contributed by atoms with van der Waals surface area (Å²) in [5.74, 6) is -1.92. The molecule has 310 valence electrons. The van der Waals surface area contributed by atoms with Crippen molar-refractivity contribution >= 4 is 29.2 Å². The molecule has 0 saturated heterocycles. The van der Waals surface area contributed by atoms with Gasteiger partial charge in [-0.05, 0) is 36.8 Å². The Bertz CT molecular complexity index is 1340. The van der Waals surface area contributed by atoms with E-state index in [1.807, 2.05) is 0 Å². The molecule has 3 N–H and O–H groups in total. The van der Waals surface area contributed by atoms with Gasteiger partial charge in [0.2, 0.25) is 5.91 Å². The molecule has 55 heavy (non-hydrogen) atoms. The molecule has 0 bridgehead atoms. The SMILES string of the molecule is O=C(O)CCC(=O)NCCCOCCOCCOCCOCCOCCOCCOCCOCCOC(=O)c1ccccc1Nc1cccc(C(F)(F)F)c1. The Morgan fingerprint density at radius 2 is 1.05 bits per heavy atom. The zero-order valence-corrected chi connectivity index (χ0v) is 30.9. The summed E-state index contributed by atoms with van der Waals surface area (Å²) >= 11 is 0. The highest BCUT2D eigenvalue weighted by Gasteiger charge is 2.30. The first kappa shape index (κ1) is 47.3. The molecule has 0 aliphatic rings. The Hall–Kier alpha value is -3.88. The van der Waals surface area contributed by atoms with Gasteiger partial charge in [-0.2, -0.15) is 13.2 Å². The number of alkyl halides is 3. The molecule has 0 aliphatic heterocycles. The molecule has 2 rings (SSSR count). The standard InChI is InChI=1S/C37H53F3N2O13/c38-37(39,40)30-5-3-6-31(29-30)42-33-8-2-1-7-32(33)36(46)55-28-27-54-26-25-53-24-23-52-22-21-51-20-19-50-18-17-49-16-15-48-14-13-47-12-4-11-41-34(43)9-10-35(44)45/h1-3,5-8,29,42H,4,9-28H2,(H,41,43)(H,44,45). The maximum atomic E-state index is 13.0. The van der Waals surface area contributed by atoms with Gasteiger partial charge in [-0.1, -0.05) is 18.2 Å². The lowest BCUT2D eigenvalue weighted by Crippen LogP contribution is -2.25. The van der Waals surface area contributed by atoms with E-state index in [4.69, 9.17) is 47.7 Å². The fourth-order valence-corrected chi connectivity index (χ4v) is 4.32. The minimum Gasteiger partial charge on any atom is -0.481 e. The first-order valence-electron chi connectivity index (χ1n) is 18.0. The summed E-state index contributed by atoms with van der Waals surface area (Å²) in [6.45, 7) is 6.67. The number of hydrogen-bond acceptors (Lipinski definition) is 13. The summed E-state index contributed by atoms with van der Waals surface area (Å²) < 4.78 is 87.9. The van der Waals surface area contributed by atoms with E-state index in [1.165, 1.54) is 18.2 Å². The van der Waals surface area contributed by atoms with Crippen LogP contribution in [-0.2, 0) is 58.4 Å². The summed E-state index contributed by atoms with van der Waals surface area (Å²) in [6.07, 6.45) is -4.06. The van der Waals surface area contributed by atoms with Gasteiger partial charge in [0.05, 0.1) is 122 Å². The van der Waals surface area contributed by atoms with Crippen LogP contribution in [0.1, 0.15) is 35.2 Å². The molecule has 0 saturated carbocycles. The van der Waals surface area contributed by atoms with Gasteiger partial charge in [0.15, 0.2) is 0 Å². The van der Waals surface area contributed by atoms with E-state index in [1.54, 1.807) is 18.2 Å². The molecule has 0 fully saturated rings. The number of carboxylic acids is 1. The van der Waals surface area contributed by atoms with Crippen LogP contribution in [0, 0.1) is 0 Å². The maximum Gasteiger partial charge on any atom is 0.416 e. The summed E-state index contributed by atoms with van der Waals surface area (Å²) in [4.78, 5) is 34.4. The lowest BCUT2D eigenvalue weighted by molar-refractivity contribution is -0.139. The van der Waals surface area contributed by atoms with Crippen LogP contribution in [0.3, 0.4) is 0 Å². The number of ether oxygens (including phenoxy) is 9. The first-order chi connectivity index (χ1) is 26.7. The molecule has 0 aromatic heterocycles. The Labute approximate surface area is 319 Å². The number of hydrogen-bond donors (Lipinski definition) is 3. The summed E-state index contributed by atoms with van der Waals surface area (Å²) in [6, 6.07) is 11.1.